The first-order valence-electron chi connectivity index (χ1n) is 10.7. The number of rotatable bonds is 7. The number of pyridine rings is 1. The summed E-state index contributed by atoms with van der Waals surface area (Å²) in [7, 11) is 0. The number of halogens is 1. The van der Waals surface area contributed by atoms with Crippen LogP contribution >= 0.6 is 11.6 Å². The van der Waals surface area contributed by atoms with Gasteiger partial charge in [0.25, 0.3) is 0 Å². The van der Waals surface area contributed by atoms with Crippen LogP contribution in [-0.4, -0.2) is 24.6 Å². The summed E-state index contributed by atoms with van der Waals surface area (Å²) in [6.45, 7) is 2.93. The average Bonchev–Trinajstić information content (AvgIpc) is 3.58. The van der Waals surface area contributed by atoms with Crippen LogP contribution in [0.15, 0.2) is 84.1 Å². The van der Waals surface area contributed by atoms with E-state index in [9.17, 15) is 5.11 Å². The first-order chi connectivity index (χ1) is 16.1. The maximum absolute atomic E-state index is 10.2. The molecule has 0 saturated heterocycles. The predicted octanol–water partition coefficient (Wildman–Crippen LogP) is 6.29. The summed E-state index contributed by atoms with van der Waals surface area (Å²) >= 11 is 6.03. The molecule has 166 valence electrons. The zero-order valence-corrected chi connectivity index (χ0v) is 18.8. The van der Waals surface area contributed by atoms with E-state index in [2.05, 4.69) is 39.8 Å². The molecule has 1 aromatic carbocycles. The number of nitrogens with zero attached hydrogens (tertiary/aromatic N) is 3. The van der Waals surface area contributed by atoms with Crippen LogP contribution in [0, 0.1) is 0 Å². The number of phenolic OH excluding ortho intramolecular Hbond substituents is 1. The summed E-state index contributed by atoms with van der Waals surface area (Å²) in [4.78, 5) is 12.6. The van der Waals surface area contributed by atoms with Crippen LogP contribution < -0.4 is 0 Å². The van der Waals surface area contributed by atoms with Crippen LogP contribution in [0.2, 0.25) is 5.02 Å². The van der Waals surface area contributed by atoms with E-state index in [1.165, 1.54) is 5.69 Å². The molecule has 5 rings (SSSR count). The van der Waals surface area contributed by atoms with Gasteiger partial charge in [0.2, 0.25) is 0 Å². The van der Waals surface area contributed by atoms with Gasteiger partial charge in [0, 0.05) is 46.9 Å². The Hall–Kier alpha value is -3.77. The lowest BCUT2D eigenvalue weighted by Crippen LogP contribution is -2.07. The number of aromatic amines is 1. The van der Waals surface area contributed by atoms with Crippen LogP contribution in [0.4, 0.5) is 0 Å². The van der Waals surface area contributed by atoms with E-state index in [4.69, 9.17) is 21.0 Å². The number of hydrogen-bond acceptors (Lipinski definition) is 4. The fourth-order valence-corrected chi connectivity index (χ4v) is 4.12. The molecule has 0 radical (unpaired) electrons. The second kappa shape index (κ2) is 9.00. The first-order valence-corrected chi connectivity index (χ1v) is 11.1. The van der Waals surface area contributed by atoms with E-state index < -0.39 is 0 Å². The largest absolute Gasteiger partial charge is 0.506 e. The van der Waals surface area contributed by atoms with Crippen molar-refractivity contribution >= 4 is 11.6 Å². The number of imidazole rings is 1. The van der Waals surface area contributed by atoms with Gasteiger partial charge < -0.3 is 19.1 Å². The third kappa shape index (κ3) is 4.43. The third-order valence-electron chi connectivity index (χ3n) is 5.75. The Kier molecular flexibility index (Phi) is 5.75. The Balaban J connectivity index is 1.48. The number of H-pyrrole nitrogens is 1. The first kappa shape index (κ1) is 21.1. The van der Waals surface area contributed by atoms with Gasteiger partial charge in [0.1, 0.15) is 11.6 Å². The van der Waals surface area contributed by atoms with E-state index in [0.717, 1.165) is 46.9 Å². The lowest BCUT2D eigenvalue weighted by molar-refractivity contribution is 0.476. The van der Waals surface area contributed by atoms with Crippen LogP contribution in [0.1, 0.15) is 29.9 Å². The summed E-state index contributed by atoms with van der Waals surface area (Å²) in [5, 5.41) is 10.5. The molecule has 0 amide bonds. The minimum atomic E-state index is 0.0320. The highest BCUT2D eigenvalue weighted by Crippen LogP contribution is 2.35. The molecule has 0 spiro atoms. The molecule has 0 aliphatic carbocycles. The molecule has 4 aromatic heterocycles. The monoisotopic (exact) mass is 458 g/mol. The van der Waals surface area contributed by atoms with Gasteiger partial charge in [-0.2, -0.15) is 0 Å². The van der Waals surface area contributed by atoms with Crippen molar-refractivity contribution in [2.45, 2.75) is 25.8 Å². The maximum atomic E-state index is 10.2. The second-order valence-electron chi connectivity index (χ2n) is 8.11. The van der Waals surface area contributed by atoms with Gasteiger partial charge in [-0.25, -0.2) is 4.98 Å². The fraction of sp³-hybridized carbons (Fsp3) is 0.154. The predicted molar refractivity (Wildman–Crippen MR) is 128 cm³/mol. The van der Waals surface area contributed by atoms with Crippen molar-refractivity contribution < 1.29 is 9.52 Å². The number of nitrogens with one attached hydrogen (secondary N) is 1. The normalized spacial score (nSPS) is 12.2. The van der Waals surface area contributed by atoms with Crippen molar-refractivity contribution in [2.24, 2.45) is 0 Å². The van der Waals surface area contributed by atoms with Crippen LogP contribution in [0.3, 0.4) is 0 Å². The lowest BCUT2D eigenvalue weighted by atomic mass is 10.0. The zero-order valence-electron chi connectivity index (χ0n) is 18.1. The molecule has 0 fully saturated rings. The molecule has 0 bridgehead atoms. The summed E-state index contributed by atoms with van der Waals surface area (Å²) in [6.07, 6.45) is 9.88. The van der Waals surface area contributed by atoms with Crippen molar-refractivity contribution in [3.8, 4) is 28.3 Å². The molecule has 6 nitrogen and oxygen atoms in total. The highest BCUT2D eigenvalue weighted by Gasteiger charge is 2.20. The standard InChI is InChI=1S/C26H23ClN4O2/c1-17(13-21-3-2-11-31(21)15-18-8-12-33-16-18)26-29-24(19-6-9-28-10-7-19)25(30-26)20-4-5-22(27)23(32)14-20/h2-12,14,16-17,32H,13,15H2,1H3,(H,29,30). The van der Waals surface area contributed by atoms with E-state index >= 15 is 0 Å². The molecular formula is C26H23ClN4O2. The highest BCUT2D eigenvalue weighted by molar-refractivity contribution is 6.32. The molecule has 2 N–H and O–H groups in total. The summed E-state index contributed by atoms with van der Waals surface area (Å²) in [5.74, 6) is 1.05. The number of furan rings is 1. The van der Waals surface area contributed by atoms with Gasteiger partial charge in [-0.3, -0.25) is 4.98 Å². The van der Waals surface area contributed by atoms with Gasteiger partial charge in [-0.05, 0) is 48.9 Å². The van der Waals surface area contributed by atoms with E-state index in [0.29, 0.717) is 5.02 Å². The van der Waals surface area contributed by atoms with Gasteiger partial charge in [0.05, 0.1) is 35.5 Å². The summed E-state index contributed by atoms with van der Waals surface area (Å²) in [6, 6.07) is 15.3. The van der Waals surface area contributed by atoms with E-state index in [1.54, 1.807) is 37.1 Å². The van der Waals surface area contributed by atoms with Crippen molar-refractivity contribution in [2.75, 3.05) is 0 Å². The molecule has 0 saturated carbocycles. The van der Waals surface area contributed by atoms with Crippen molar-refractivity contribution in [1.82, 2.24) is 19.5 Å². The highest BCUT2D eigenvalue weighted by atomic mass is 35.5. The Bertz CT molecular complexity index is 1360. The molecular weight excluding hydrogens is 436 g/mol. The SMILES string of the molecule is CC(Cc1cccn1Cc1ccoc1)c1nc(-c2ccc(Cl)c(O)c2)c(-c2ccncc2)[nH]1. The number of hydrogen-bond donors (Lipinski definition) is 2. The topological polar surface area (TPSA) is 79.9 Å². The quantitative estimate of drug-likeness (QED) is 0.300. The van der Waals surface area contributed by atoms with Crippen LogP contribution in [0.25, 0.3) is 22.5 Å². The van der Waals surface area contributed by atoms with Gasteiger partial charge in [-0.1, -0.05) is 24.6 Å². The Labute approximate surface area is 196 Å². The fourth-order valence-electron chi connectivity index (χ4n) is 4.00. The second-order valence-corrected chi connectivity index (χ2v) is 8.52. The maximum Gasteiger partial charge on any atom is 0.134 e. The molecule has 4 heterocycles. The van der Waals surface area contributed by atoms with E-state index in [-0.39, 0.29) is 11.7 Å². The molecule has 7 heteroatoms. The van der Waals surface area contributed by atoms with Gasteiger partial charge in [0.15, 0.2) is 0 Å². The van der Waals surface area contributed by atoms with Gasteiger partial charge >= 0.3 is 0 Å². The number of phenols is 1. The molecule has 33 heavy (non-hydrogen) atoms. The minimum absolute atomic E-state index is 0.0320. The number of benzene rings is 1. The molecule has 0 aliphatic rings. The molecule has 5 aromatic rings. The Morgan fingerprint density at radius 2 is 1.97 bits per heavy atom. The van der Waals surface area contributed by atoms with Crippen molar-refractivity contribution in [3.05, 3.63) is 102 Å². The summed E-state index contributed by atoms with van der Waals surface area (Å²) in [5.41, 5.74) is 5.77. The lowest BCUT2D eigenvalue weighted by Gasteiger charge is -2.12. The van der Waals surface area contributed by atoms with Crippen LogP contribution in [-0.2, 0) is 13.0 Å². The van der Waals surface area contributed by atoms with Crippen molar-refractivity contribution in [3.63, 3.8) is 0 Å². The average molecular weight is 459 g/mol. The van der Waals surface area contributed by atoms with E-state index in [1.807, 2.05) is 24.3 Å². The minimum Gasteiger partial charge on any atom is -0.506 e. The molecule has 1 unspecified atom stereocenters. The van der Waals surface area contributed by atoms with Crippen molar-refractivity contribution in [1.29, 1.82) is 0 Å². The number of aromatic hydroxyl groups is 1. The Morgan fingerprint density at radius 1 is 1.12 bits per heavy atom. The molecule has 0 aliphatic heterocycles. The Morgan fingerprint density at radius 3 is 2.73 bits per heavy atom. The van der Waals surface area contributed by atoms with Crippen LogP contribution in [0.5, 0.6) is 5.75 Å². The third-order valence-corrected chi connectivity index (χ3v) is 6.07. The molecule has 1 atom stereocenters. The number of aromatic nitrogens is 4. The van der Waals surface area contributed by atoms with Gasteiger partial charge in [-0.15, -0.1) is 0 Å². The summed E-state index contributed by atoms with van der Waals surface area (Å²) < 4.78 is 7.44. The smallest absolute Gasteiger partial charge is 0.134 e. The zero-order chi connectivity index (χ0) is 22.8.